The molecule has 1 N–H and O–H groups in total. The third-order valence-electron chi connectivity index (χ3n) is 2.96. The number of rotatable bonds is 3. The zero-order valence-corrected chi connectivity index (χ0v) is 10.2. The van der Waals surface area contributed by atoms with Crippen LogP contribution >= 0.6 is 0 Å². The maximum atomic E-state index is 4.38. The Labute approximate surface area is 105 Å². The molecule has 0 spiro atoms. The fourth-order valence-electron chi connectivity index (χ4n) is 2.03. The molecule has 4 heteroatoms. The van der Waals surface area contributed by atoms with Crippen LogP contribution in [0.1, 0.15) is 5.69 Å². The van der Waals surface area contributed by atoms with Gasteiger partial charge in [0.25, 0.3) is 0 Å². The molecule has 18 heavy (non-hydrogen) atoms. The third kappa shape index (κ3) is 1.93. The van der Waals surface area contributed by atoms with Crippen LogP contribution in [0.25, 0.3) is 11.0 Å². The molecule has 4 nitrogen and oxygen atoms in total. The van der Waals surface area contributed by atoms with Crippen molar-refractivity contribution >= 4 is 16.7 Å². The Kier molecular flexibility index (Phi) is 2.68. The number of hydrogen-bond acceptors (Lipinski definition) is 3. The van der Waals surface area contributed by atoms with Crippen molar-refractivity contribution in [1.29, 1.82) is 0 Å². The standard InChI is InChI=1S/C14H14N4/c1-15-11-6-7-16-12(8-11)9-18-10-17-13-4-2-3-5-14(13)18/h2-8,10H,9H2,1H3,(H,15,16). The van der Waals surface area contributed by atoms with Gasteiger partial charge in [0, 0.05) is 18.9 Å². The van der Waals surface area contributed by atoms with E-state index in [9.17, 15) is 0 Å². The van der Waals surface area contributed by atoms with Crippen LogP contribution in [-0.4, -0.2) is 21.6 Å². The SMILES string of the molecule is CNc1ccnc(Cn2cnc3ccccc32)c1. The molecule has 90 valence electrons. The highest BCUT2D eigenvalue weighted by atomic mass is 15.0. The van der Waals surface area contributed by atoms with E-state index in [1.807, 2.05) is 43.8 Å². The zero-order valence-electron chi connectivity index (χ0n) is 10.2. The maximum absolute atomic E-state index is 4.38. The highest BCUT2D eigenvalue weighted by Crippen LogP contribution is 2.14. The van der Waals surface area contributed by atoms with E-state index in [1.54, 1.807) is 0 Å². The van der Waals surface area contributed by atoms with E-state index in [2.05, 4.69) is 32.0 Å². The van der Waals surface area contributed by atoms with Crippen molar-refractivity contribution in [3.05, 3.63) is 54.6 Å². The van der Waals surface area contributed by atoms with Gasteiger partial charge in [-0.05, 0) is 24.3 Å². The molecular weight excluding hydrogens is 224 g/mol. The lowest BCUT2D eigenvalue weighted by Gasteiger charge is -2.05. The van der Waals surface area contributed by atoms with Gasteiger partial charge in [0.05, 0.1) is 29.6 Å². The average Bonchev–Trinajstić information content (AvgIpc) is 2.83. The zero-order chi connectivity index (χ0) is 12.4. The van der Waals surface area contributed by atoms with E-state index in [1.165, 1.54) is 0 Å². The summed E-state index contributed by atoms with van der Waals surface area (Å²) in [6, 6.07) is 12.1. The fourth-order valence-corrected chi connectivity index (χ4v) is 2.03. The minimum atomic E-state index is 0.732. The van der Waals surface area contributed by atoms with Crippen molar-refractivity contribution in [3.63, 3.8) is 0 Å². The van der Waals surface area contributed by atoms with Gasteiger partial charge in [0.15, 0.2) is 0 Å². The summed E-state index contributed by atoms with van der Waals surface area (Å²) in [5, 5.41) is 3.12. The summed E-state index contributed by atoms with van der Waals surface area (Å²) >= 11 is 0. The summed E-state index contributed by atoms with van der Waals surface area (Å²) < 4.78 is 2.11. The molecule has 0 aliphatic rings. The number of benzene rings is 1. The predicted octanol–water partition coefficient (Wildman–Crippen LogP) is 2.52. The lowest BCUT2D eigenvalue weighted by atomic mass is 10.3. The van der Waals surface area contributed by atoms with Gasteiger partial charge in [-0.25, -0.2) is 4.98 Å². The van der Waals surface area contributed by atoms with Gasteiger partial charge in [-0.1, -0.05) is 12.1 Å². The molecule has 0 saturated carbocycles. The average molecular weight is 238 g/mol. The van der Waals surface area contributed by atoms with Crippen LogP contribution in [0.2, 0.25) is 0 Å². The van der Waals surface area contributed by atoms with Crippen LogP contribution in [0.5, 0.6) is 0 Å². The Morgan fingerprint density at radius 3 is 2.94 bits per heavy atom. The number of fused-ring (bicyclic) bond motifs is 1. The summed E-state index contributed by atoms with van der Waals surface area (Å²) in [4.78, 5) is 8.76. The summed E-state index contributed by atoms with van der Waals surface area (Å²) in [6.45, 7) is 0.732. The van der Waals surface area contributed by atoms with Gasteiger partial charge < -0.3 is 9.88 Å². The molecule has 0 saturated heterocycles. The molecule has 0 bridgehead atoms. The first-order valence-corrected chi connectivity index (χ1v) is 5.89. The molecule has 0 aliphatic heterocycles. The molecule has 0 atom stereocenters. The molecule has 0 aliphatic carbocycles. The molecule has 2 heterocycles. The van der Waals surface area contributed by atoms with Crippen LogP contribution in [0.3, 0.4) is 0 Å². The molecule has 3 aromatic rings. The smallest absolute Gasteiger partial charge is 0.0962 e. The van der Waals surface area contributed by atoms with E-state index in [0.717, 1.165) is 29.0 Å². The monoisotopic (exact) mass is 238 g/mol. The lowest BCUT2D eigenvalue weighted by molar-refractivity contribution is 0.797. The summed E-state index contributed by atoms with van der Waals surface area (Å²) in [7, 11) is 1.91. The number of pyridine rings is 1. The van der Waals surface area contributed by atoms with Gasteiger partial charge in [0.2, 0.25) is 0 Å². The Bertz CT molecular complexity index is 672. The van der Waals surface area contributed by atoms with Crippen LogP contribution < -0.4 is 5.32 Å². The molecular formula is C14H14N4. The van der Waals surface area contributed by atoms with Gasteiger partial charge in [-0.3, -0.25) is 4.98 Å². The van der Waals surface area contributed by atoms with Crippen molar-refractivity contribution in [2.75, 3.05) is 12.4 Å². The molecule has 1 aromatic carbocycles. The van der Waals surface area contributed by atoms with E-state index < -0.39 is 0 Å². The number of nitrogens with one attached hydrogen (secondary N) is 1. The Morgan fingerprint density at radius 2 is 2.06 bits per heavy atom. The number of para-hydroxylation sites is 2. The van der Waals surface area contributed by atoms with Gasteiger partial charge in [-0.15, -0.1) is 0 Å². The number of nitrogens with zero attached hydrogens (tertiary/aromatic N) is 3. The largest absolute Gasteiger partial charge is 0.388 e. The second-order valence-electron chi connectivity index (χ2n) is 4.15. The topological polar surface area (TPSA) is 42.7 Å². The quantitative estimate of drug-likeness (QED) is 0.762. The molecule has 0 amide bonds. The van der Waals surface area contributed by atoms with Crippen LogP contribution in [0.15, 0.2) is 48.9 Å². The molecule has 3 rings (SSSR count). The number of aromatic nitrogens is 3. The first kappa shape index (κ1) is 10.8. The highest BCUT2D eigenvalue weighted by Gasteiger charge is 2.03. The minimum absolute atomic E-state index is 0.732. The second-order valence-corrected chi connectivity index (χ2v) is 4.15. The van der Waals surface area contributed by atoms with Crippen molar-refractivity contribution in [1.82, 2.24) is 14.5 Å². The Hall–Kier alpha value is -2.36. The van der Waals surface area contributed by atoms with E-state index in [4.69, 9.17) is 0 Å². The predicted molar refractivity (Wildman–Crippen MR) is 72.6 cm³/mol. The highest BCUT2D eigenvalue weighted by molar-refractivity contribution is 5.75. The molecule has 0 fully saturated rings. The van der Waals surface area contributed by atoms with Crippen molar-refractivity contribution in [2.45, 2.75) is 6.54 Å². The number of hydrogen-bond donors (Lipinski definition) is 1. The molecule has 0 radical (unpaired) electrons. The van der Waals surface area contributed by atoms with E-state index >= 15 is 0 Å². The first-order chi connectivity index (χ1) is 8.86. The Balaban J connectivity index is 1.96. The maximum Gasteiger partial charge on any atom is 0.0962 e. The van der Waals surface area contributed by atoms with E-state index in [-0.39, 0.29) is 0 Å². The van der Waals surface area contributed by atoms with Crippen LogP contribution in [0.4, 0.5) is 5.69 Å². The van der Waals surface area contributed by atoms with Crippen molar-refractivity contribution < 1.29 is 0 Å². The minimum Gasteiger partial charge on any atom is -0.388 e. The van der Waals surface area contributed by atoms with Crippen LogP contribution in [-0.2, 0) is 6.54 Å². The number of anilines is 1. The lowest BCUT2D eigenvalue weighted by Crippen LogP contribution is -2.01. The summed E-state index contributed by atoms with van der Waals surface area (Å²) in [5.41, 5.74) is 4.24. The molecule has 0 unspecified atom stereocenters. The third-order valence-corrected chi connectivity index (χ3v) is 2.96. The van der Waals surface area contributed by atoms with Crippen molar-refractivity contribution in [3.8, 4) is 0 Å². The molecule has 2 aromatic heterocycles. The summed E-state index contributed by atoms with van der Waals surface area (Å²) in [5.74, 6) is 0. The Morgan fingerprint density at radius 1 is 1.17 bits per heavy atom. The first-order valence-electron chi connectivity index (χ1n) is 5.89. The van der Waals surface area contributed by atoms with Crippen LogP contribution in [0, 0.1) is 0 Å². The number of imidazole rings is 1. The van der Waals surface area contributed by atoms with Gasteiger partial charge in [-0.2, -0.15) is 0 Å². The normalized spacial score (nSPS) is 10.7. The van der Waals surface area contributed by atoms with E-state index in [0.29, 0.717) is 0 Å². The second kappa shape index (κ2) is 4.49. The van der Waals surface area contributed by atoms with Gasteiger partial charge >= 0.3 is 0 Å². The fraction of sp³-hybridized carbons (Fsp3) is 0.143. The summed E-state index contributed by atoms with van der Waals surface area (Å²) in [6.07, 6.45) is 3.68. The van der Waals surface area contributed by atoms with Gasteiger partial charge in [0.1, 0.15) is 0 Å². The van der Waals surface area contributed by atoms with Crippen molar-refractivity contribution in [2.24, 2.45) is 0 Å².